The lowest BCUT2D eigenvalue weighted by atomic mass is 9.66. The summed E-state index contributed by atoms with van der Waals surface area (Å²) in [6.45, 7) is 5.99. The van der Waals surface area contributed by atoms with Gasteiger partial charge < -0.3 is 20.7 Å². The summed E-state index contributed by atoms with van der Waals surface area (Å²) in [5.41, 5.74) is 1.31. The standard InChI is InChI=1S/C33H45N5O4/c1-31(12-6-13-31)20-34-30(41)33(16-18-42-21-33)23-9-5-10-24(19-23)36-29(40)27(37-28(39)25-11-17-35-38(25)3)26(22-7-4-8-22)32(2)14-15-32/h5,9-11,17,19,22,26-27H,4,6-8,12-16,18,20-21H2,1-3H3,(H,34,41)(H,36,40)(H,37,39)/t26?,27-,33?/m0/s1. The molecule has 2 heterocycles. The number of benzene rings is 1. The molecule has 1 aromatic carbocycles. The van der Waals surface area contributed by atoms with Gasteiger partial charge in [0.05, 0.1) is 12.0 Å². The van der Waals surface area contributed by atoms with Gasteiger partial charge in [0.2, 0.25) is 11.8 Å². The van der Waals surface area contributed by atoms with E-state index in [1.54, 1.807) is 19.3 Å². The normalized spacial score (nSPS) is 25.4. The Balaban J connectivity index is 1.24. The van der Waals surface area contributed by atoms with Crippen LogP contribution >= 0.6 is 0 Å². The molecule has 0 spiro atoms. The molecule has 1 aliphatic heterocycles. The predicted molar refractivity (Wildman–Crippen MR) is 160 cm³/mol. The number of nitrogens with zero attached hydrogens (tertiary/aromatic N) is 2. The van der Waals surface area contributed by atoms with Crippen LogP contribution < -0.4 is 16.0 Å². The van der Waals surface area contributed by atoms with Gasteiger partial charge in [-0.3, -0.25) is 19.1 Å². The van der Waals surface area contributed by atoms with E-state index in [0.717, 1.165) is 50.5 Å². The molecule has 4 aliphatic rings. The molecule has 1 aromatic heterocycles. The molecule has 3 amide bonds. The zero-order valence-electron chi connectivity index (χ0n) is 25.2. The monoisotopic (exact) mass is 575 g/mol. The van der Waals surface area contributed by atoms with Gasteiger partial charge in [0, 0.05) is 32.1 Å². The Morgan fingerprint density at radius 2 is 1.86 bits per heavy atom. The fourth-order valence-electron chi connectivity index (χ4n) is 7.34. The van der Waals surface area contributed by atoms with Crippen molar-refractivity contribution in [3.8, 4) is 0 Å². The van der Waals surface area contributed by atoms with Gasteiger partial charge in [0.15, 0.2) is 0 Å². The summed E-state index contributed by atoms with van der Waals surface area (Å²) in [6, 6.07) is 8.61. The number of nitrogens with one attached hydrogen (secondary N) is 3. The highest BCUT2D eigenvalue weighted by atomic mass is 16.5. The molecular weight excluding hydrogens is 530 g/mol. The van der Waals surface area contributed by atoms with Crippen molar-refractivity contribution in [2.24, 2.45) is 29.7 Å². The number of rotatable bonds is 11. The maximum absolute atomic E-state index is 14.1. The van der Waals surface area contributed by atoms with Crippen LogP contribution in [-0.4, -0.2) is 53.3 Å². The first-order valence-corrected chi connectivity index (χ1v) is 15.7. The van der Waals surface area contributed by atoms with Gasteiger partial charge >= 0.3 is 0 Å². The van der Waals surface area contributed by atoms with Gasteiger partial charge in [0.1, 0.15) is 11.7 Å². The molecule has 3 aliphatic carbocycles. The predicted octanol–water partition coefficient (Wildman–Crippen LogP) is 4.34. The van der Waals surface area contributed by atoms with E-state index in [-0.39, 0.29) is 34.5 Å². The van der Waals surface area contributed by atoms with Crippen molar-refractivity contribution in [1.82, 2.24) is 20.4 Å². The van der Waals surface area contributed by atoms with E-state index < -0.39 is 11.5 Å². The molecule has 0 radical (unpaired) electrons. The minimum atomic E-state index is -0.788. The van der Waals surface area contributed by atoms with Crippen molar-refractivity contribution in [1.29, 1.82) is 0 Å². The number of carbonyl (C=O) groups is 3. The highest BCUT2D eigenvalue weighted by Crippen LogP contribution is 2.58. The van der Waals surface area contributed by atoms with Crippen LogP contribution in [0.2, 0.25) is 0 Å². The Bertz CT molecular complexity index is 1330. The van der Waals surface area contributed by atoms with Gasteiger partial charge in [-0.25, -0.2) is 0 Å². The third kappa shape index (κ3) is 5.48. The zero-order valence-corrected chi connectivity index (χ0v) is 25.2. The number of hydrogen-bond acceptors (Lipinski definition) is 5. The smallest absolute Gasteiger partial charge is 0.270 e. The Hall–Kier alpha value is -3.20. The second-order valence-electron chi connectivity index (χ2n) is 14.0. The molecule has 3 saturated carbocycles. The molecule has 6 rings (SSSR count). The van der Waals surface area contributed by atoms with Crippen molar-refractivity contribution >= 4 is 23.4 Å². The van der Waals surface area contributed by atoms with E-state index in [9.17, 15) is 14.4 Å². The Kier molecular flexibility index (Phi) is 7.66. The highest BCUT2D eigenvalue weighted by molar-refractivity contribution is 6.01. The third-order valence-electron chi connectivity index (χ3n) is 10.9. The average molecular weight is 576 g/mol. The quantitative estimate of drug-likeness (QED) is 0.369. The summed E-state index contributed by atoms with van der Waals surface area (Å²) in [6.07, 6.45) is 11.1. The van der Waals surface area contributed by atoms with Crippen molar-refractivity contribution < 1.29 is 19.1 Å². The minimum Gasteiger partial charge on any atom is -0.380 e. The number of anilines is 1. The number of amides is 3. The van der Waals surface area contributed by atoms with E-state index >= 15 is 0 Å². The Morgan fingerprint density at radius 3 is 2.43 bits per heavy atom. The molecule has 2 aromatic rings. The lowest BCUT2D eigenvalue weighted by molar-refractivity contribution is -0.127. The topological polar surface area (TPSA) is 114 Å². The summed E-state index contributed by atoms with van der Waals surface area (Å²) in [5, 5.41) is 13.6. The van der Waals surface area contributed by atoms with Gasteiger partial charge in [0.25, 0.3) is 5.91 Å². The molecular formula is C33H45N5O4. The largest absolute Gasteiger partial charge is 0.380 e. The number of ether oxygens (including phenoxy) is 1. The van der Waals surface area contributed by atoms with E-state index in [1.165, 1.54) is 11.1 Å². The summed E-state index contributed by atoms with van der Waals surface area (Å²) in [7, 11) is 1.73. The molecule has 226 valence electrons. The SMILES string of the molecule is Cn1nccc1C(=O)N[C@H](C(=O)Nc1cccc(C2(C(=O)NCC3(C)CCC3)CCOC2)c1)C(C1CCC1)C1(C)CC1. The summed E-state index contributed by atoms with van der Waals surface area (Å²) >= 11 is 0. The lowest BCUT2D eigenvalue weighted by Gasteiger charge is -2.42. The van der Waals surface area contributed by atoms with Crippen molar-refractivity contribution in [2.45, 2.75) is 83.1 Å². The number of carbonyl (C=O) groups excluding carboxylic acids is 3. The number of aromatic nitrogens is 2. The van der Waals surface area contributed by atoms with Gasteiger partial charge in [-0.05, 0) is 78.5 Å². The van der Waals surface area contributed by atoms with Gasteiger partial charge in [-0.15, -0.1) is 0 Å². The maximum Gasteiger partial charge on any atom is 0.270 e. The first kappa shape index (κ1) is 28.9. The zero-order chi connectivity index (χ0) is 29.5. The molecule has 0 bridgehead atoms. The third-order valence-corrected chi connectivity index (χ3v) is 10.9. The highest BCUT2D eigenvalue weighted by Gasteiger charge is 2.54. The maximum atomic E-state index is 14.1. The van der Waals surface area contributed by atoms with Crippen LogP contribution in [0.3, 0.4) is 0 Å². The van der Waals surface area contributed by atoms with E-state index in [4.69, 9.17) is 4.74 Å². The summed E-state index contributed by atoms with van der Waals surface area (Å²) in [4.78, 5) is 41.1. The molecule has 42 heavy (non-hydrogen) atoms. The lowest BCUT2D eigenvalue weighted by Crippen LogP contribution is -2.54. The molecule has 3 atom stereocenters. The van der Waals surface area contributed by atoms with Crippen LogP contribution in [0, 0.1) is 22.7 Å². The van der Waals surface area contributed by atoms with Crippen molar-refractivity contribution in [2.75, 3.05) is 25.1 Å². The van der Waals surface area contributed by atoms with Crippen molar-refractivity contribution in [3.05, 3.63) is 47.8 Å². The van der Waals surface area contributed by atoms with Crippen LogP contribution in [0.1, 0.15) is 87.7 Å². The van der Waals surface area contributed by atoms with E-state index in [2.05, 4.69) is 34.9 Å². The fraction of sp³-hybridized carbons (Fsp3) is 0.636. The van der Waals surface area contributed by atoms with Gasteiger partial charge in [-0.1, -0.05) is 51.7 Å². The van der Waals surface area contributed by atoms with Crippen LogP contribution in [0.15, 0.2) is 36.5 Å². The van der Waals surface area contributed by atoms with E-state index in [0.29, 0.717) is 43.5 Å². The molecule has 9 heteroatoms. The first-order chi connectivity index (χ1) is 20.1. The first-order valence-electron chi connectivity index (χ1n) is 15.7. The second-order valence-corrected chi connectivity index (χ2v) is 14.0. The molecule has 2 unspecified atom stereocenters. The summed E-state index contributed by atoms with van der Waals surface area (Å²) < 4.78 is 7.31. The summed E-state index contributed by atoms with van der Waals surface area (Å²) in [5.74, 6) is -0.0563. The van der Waals surface area contributed by atoms with Crippen LogP contribution in [0.25, 0.3) is 0 Å². The molecule has 3 N–H and O–H groups in total. The average Bonchev–Trinajstić information content (AvgIpc) is 3.28. The number of aryl methyl sites for hydroxylation is 1. The second kappa shape index (κ2) is 11.1. The van der Waals surface area contributed by atoms with Crippen LogP contribution in [0.5, 0.6) is 0 Å². The molecule has 4 fully saturated rings. The van der Waals surface area contributed by atoms with Crippen LogP contribution in [0.4, 0.5) is 5.69 Å². The molecule has 1 saturated heterocycles. The fourth-order valence-corrected chi connectivity index (χ4v) is 7.34. The Morgan fingerprint density at radius 1 is 1.07 bits per heavy atom. The van der Waals surface area contributed by atoms with Gasteiger partial charge in [-0.2, -0.15) is 5.10 Å². The minimum absolute atomic E-state index is 0.00961. The van der Waals surface area contributed by atoms with E-state index in [1.807, 2.05) is 24.3 Å². The number of hydrogen-bond donors (Lipinski definition) is 3. The van der Waals surface area contributed by atoms with Crippen molar-refractivity contribution in [3.63, 3.8) is 0 Å². The Labute approximate surface area is 248 Å². The van der Waals surface area contributed by atoms with Crippen LogP contribution in [-0.2, 0) is 26.8 Å². The molecule has 9 nitrogen and oxygen atoms in total.